The van der Waals surface area contributed by atoms with Gasteiger partial charge in [-0.15, -0.1) is 0 Å². The SMILES string of the molecule is CCCCC1=CC=NC(N)C1=Cc1ccccc1O. The second-order valence-electron chi connectivity index (χ2n) is 4.70. The summed E-state index contributed by atoms with van der Waals surface area (Å²) in [6.45, 7) is 2.17. The van der Waals surface area contributed by atoms with Crippen LogP contribution in [-0.4, -0.2) is 17.5 Å². The zero-order valence-corrected chi connectivity index (χ0v) is 11.2. The van der Waals surface area contributed by atoms with Gasteiger partial charge in [0.1, 0.15) is 11.9 Å². The second-order valence-corrected chi connectivity index (χ2v) is 4.70. The number of allylic oxidation sites excluding steroid dienone is 1. The van der Waals surface area contributed by atoms with Gasteiger partial charge in [-0.3, -0.25) is 4.99 Å². The Morgan fingerprint density at radius 3 is 2.89 bits per heavy atom. The number of aliphatic imine (C=N–C) groups is 1. The molecule has 1 aromatic carbocycles. The number of unbranched alkanes of at least 4 members (excludes halogenated alkanes) is 1. The Morgan fingerprint density at radius 2 is 2.16 bits per heavy atom. The fourth-order valence-electron chi connectivity index (χ4n) is 2.14. The molecule has 3 N–H and O–H groups in total. The molecule has 3 heteroatoms. The van der Waals surface area contributed by atoms with Crippen LogP contribution in [-0.2, 0) is 0 Å². The van der Waals surface area contributed by atoms with Gasteiger partial charge in [0.15, 0.2) is 0 Å². The molecule has 0 saturated carbocycles. The number of para-hydroxylation sites is 1. The van der Waals surface area contributed by atoms with E-state index in [4.69, 9.17) is 5.73 Å². The van der Waals surface area contributed by atoms with Crippen molar-refractivity contribution in [2.75, 3.05) is 0 Å². The largest absolute Gasteiger partial charge is 0.507 e. The van der Waals surface area contributed by atoms with E-state index in [2.05, 4.69) is 11.9 Å². The Labute approximate surface area is 114 Å². The molecule has 1 unspecified atom stereocenters. The molecule has 1 aliphatic rings. The molecule has 1 aliphatic heterocycles. The Bertz CT molecular complexity index is 529. The standard InChI is InChI=1S/C16H20N2O/c1-2-3-6-12-9-10-18-16(17)14(12)11-13-7-4-5-8-15(13)19/h4-5,7-11,16,19H,2-3,6,17H2,1H3. The molecule has 100 valence electrons. The Balaban J connectivity index is 2.32. The minimum absolute atomic E-state index is 0.270. The van der Waals surface area contributed by atoms with Crippen LogP contribution in [0.1, 0.15) is 31.7 Å². The summed E-state index contributed by atoms with van der Waals surface area (Å²) in [6.07, 6.45) is 8.67. The smallest absolute Gasteiger partial charge is 0.123 e. The van der Waals surface area contributed by atoms with Gasteiger partial charge in [0.25, 0.3) is 0 Å². The summed E-state index contributed by atoms with van der Waals surface area (Å²) in [5.74, 6) is 0.270. The minimum atomic E-state index is -0.337. The molecule has 0 bridgehead atoms. The number of phenols is 1. The lowest BCUT2D eigenvalue weighted by molar-refractivity contribution is 0.474. The Kier molecular flexibility index (Phi) is 4.53. The molecule has 3 nitrogen and oxygen atoms in total. The van der Waals surface area contributed by atoms with Gasteiger partial charge in [0.2, 0.25) is 0 Å². The first-order valence-corrected chi connectivity index (χ1v) is 6.70. The Morgan fingerprint density at radius 1 is 1.37 bits per heavy atom. The molecular weight excluding hydrogens is 236 g/mol. The molecule has 1 aromatic rings. The number of benzene rings is 1. The maximum Gasteiger partial charge on any atom is 0.123 e. The minimum Gasteiger partial charge on any atom is -0.507 e. The summed E-state index contributed by atoms with van der Waals surface area (Å²) < 4.78 is 0. The van der Waals surface area contributed by atoms with E-state index in [1.807, 2.05) is 30.4 Å². The van der Waals surface area contributed by atoms with Gasteiger partial charge in [0, 0.05) is 11.8 Å². The highest BCUT2D eigenvalue weighted by molar-refractivity contribution is 5.79. The predicted octanol–water partition coefficient (Wildman–Crippen LogP) is 3.26. The van der Waals surface area contributed by atoms with Crippen molar-refractivity contribution < 1.29 is 5.11 Å². The molecule has 1 atom stereocenters. The average molecular weight is 256 g/mol. The lowest BCUT2D eigenvalue weighted by Crippen LogP contribution is -2.23. The van der Waals surface area contributed by atoms with E-state index in [0.29, 0.717) is 0 Å². The number of dihydropyridines is 1. The van der Waals surface area contributed by atoms with E-state index >= 15 is 0 Å². The summed E-state index contributed by atoms with van der Waals surface area (Å²) in [6, 6.07) is 7.27. The topological polar surface area (TPSA) is 58.6 Å². The third-order valence-electron chi connectivity index (χ3n) is 3.26. The highest BCUT2D eigenvalue weighted by Gasteiger charge is 2.15. The molecule has 0 radical (unpaired) electrons. The molecule has 0 saturated heterocycles. The van der Waals surface area contributed by atoms with Gasteiger partial charge < -0.3 is 10.8 Å². The van der Waals surface area contributed by atoms with E-state index in [1.165, 1.54) is 5.57 Å². The highest BCUT2D eigenvalue weighted by Crippen LogP contribution is 2.27. The molecule has 1 heterocycles. The lowest BCUT2D eigenvalue weighted by atomic mass is 9.94. The molecule has 0 aromatic heterocycles. The van der Waals surface area contributed by atoms with Gasteiger partial charge in [0.05, 0.1) is 0 Å². The van der Waals surface area contributed by atoms with Crippen molar-refractivity contribution in [3.8, 4) is 5.75 Å². The van der Waals surface area contributed by atoms with Gasteiger partial charge in [-0.25, -0.2) is 0 Å². The quantitative estimate of drug-likeness (QED) is 0.868. The third kappa shape index (κ3) is 3.32. The first-order valence-electron chi connectivity index (χ1n) is 6.70. The van der Waals surface area contributed by atoms with Crippen molar-refractivity contribution in [2.45, 2.75) is 32.4 Å². The van der Waals surface area contributed by atoms with Crippen molar-refractivity contribution in [3.05, 3.63) is 47.1 Å². The summed E-state index contributed by atoms with van der Waals surface area (Å²) in [5, 5.41) is 9.85. The van der Waals surface area contributed by atoms with E-state index in [1.54, 1.807) is 12.3 Å². The number of nitrogens with two attached hydrogens (primary N) is 1. The molecule has 0 spiro atoms. The van der Waals surface area contributed by atoms with Crippen molar-refractivity contribution in [1.29, 1.82) is 0 Å². The van der Waals surface area contributed by atoms with Crippen molar-refractivity contribution >= 4 is 12.3 Å². The summed E-state index contributed by atoms with van der Waals surface area (Å²) >= 11 is 0. The van der Waals surface area contributed by atoms with Gasteiger partial charge in [-0.1, -0.05) is 31.5 Å². The number of hydrogen-bond acceptors (Lipinski definition) is 3. The van der Waals surface area contributed by atoms with E-state index < -0.39 is 0 Å². The number of rotatable bonds is 4. The zero-order chi connectivity index (χ0) is 13.7. The average Bonchev–Trinajstić information content (AvgIpc) is 2.41. The third-order valence-corrected chi connectivity index (χ3v) is 3.26. The first-order chi connectivity index (χ1) is 9.22. The number of hydrogen-bond donors (Lipinski definition) is 2. The molecule has 0 fully saturated rings. The van der Waals surface area contributed by atoms with Crippen LogP contribution in [0.25, 0.3) is 6.08 Å². The summed E-state index contributed by atoms with van der Waals surface area (Å²) in [4.78, 5) is 4.22. The normalized spacial score (nSPS) is 20.6. The van der Waals surface area contributed by atoms with Crippen LogP contribution in [0.4, 0.5) is 0 Å². The molecule has 0 amide bonds. The molecular formula is C16H20N2O. The van der Waals surface area contributed by atoms with E-state index in [-0.39, 0.29) is 11.9 Å². The number of nitrogens with zero attached hydrogens (tertiary/aromatic N) is 1. The van der Waals surface area contributed by atoms with E-state index in [9.17, 15) is 5.11 Å². The maximum absolute atomic E-state index is 9.85. The lowest BCUT2D eigenvalue weighted by Gasteiger charge is -2.19. The monoisotopic (exact) mass is 256 g/mol. The predicted molar refractivity (Wildman–Crippen MR) is 80.2 cm³/mol. The van der Waals surface area contributed by atoms with Crippen molar-refractivity contribution in [1.82, 2.24) is 0 Å². The van der Waals surface area contributed by atoms with Crippen LogP contribution in [0.3, 0.4) is 0 Å². The van der Waals surface area contributed by atoms with Crippen LogP contribution in [0, 0.1) is 0 Å². The van der Waals surface area contributed by atoms with Crippen LogP contribution in [0.5, 0.6) is 5.75 Å². The Hall–Kier alpha value is -1.87. The number of phenolic OH excluding ortho intramolecular Hbond substituents is 1. The van der Waals surface area contributed by atoms with Gasteiger partial charge in [-0.05, 0) is 42.2 Å². The second kappa shape index (κ2) is 6.34. The van der Waals surface area contributed by atoms with Crippen LogP contribution >= 0.6 is 0 Å². The fourth-order valence-corrected chi connectivity index (χ4v) is 2.14. The van der Waals surface area contributed by atoms with Gasteiger partial charge >= 0.3 is 0 Å². The van der Waals surface area contributed by atoms with Gasteiger partial charge in [-0.2, -0.15) is 0 Å². The zero-order valence-electron chi connectivity index (χ0n) is 11.2. The molecule has 19 heavy (non-hydrogen) atoms. The fraction of sp³-hybridized carbons (Fsp3) is 0.312. The first kappa shape index (κ1) is 13.6. The summed E-state index contributed by atoms with van der Waals surface area (Å²) in [5.41, 5.74) is 9.05. The number of aromatic hydroxyl groups is 1. The van der Waals surface area contributed by atoms with Crippen molar-refractivity contribution in [2.24, 2.45) is 10.7 Å². The van der Waals surface area contributed by atoms with Crippen LogP contribution in [0.15, 0.2) is 46.5 Å². The highest BCUT2D eigenvalue weighted by atomic mass is 16.3. The van der Waals surface area contributed by atoms with Crippen LogP contribution < -0.4 is 5.73 Å². The molecule has 0 aliphatic carbocycles. The van der Waals surface area contributed by atoms with Crippen molar-refractivity contribution in [3.63, 3.8) is 0 Å². The summed E-state index contributed by atoms with van der Waals surface area (Å²) in [7, 11) is 0. The van der Waals surface area contributed by atoms with Crippen LogP contribution in [0.2, 0.25) is 0 Å². The maximum atomic E-state index is 9.85. The molecule has 2 rings (SSSR count). The van der Waals surface area contributed by atoms with E-state index in [0.717, 1.165) is 30.4 Å².